The molecule has 20 heavy (non-hydrogen) atoms. The summed E-state index contributed by atoms with van der Waals surface area (Å²) in [5.41, 5.74) is 1.11. The third-order valence-electron chi connectivity index (χ3n) is 3.83. The van der Waals surface area contributed by atoms with E-state index in [1.54, 1.807) is 0 Å². The molecule has 0 amide bonds. The third-order valence-corrected chi connectivity index (χ3v) is 3.83. The highest BCUT2D eigenvalue weighted by molar-refractivity contribution is 5.47. The molecule has 0 radical (unpaired) electrons. The lowest BCUT2D eigenvalue weighted by Gasteiger charge is -2.32. The van der Waals surface area contributed by atoms with Crippen molar-refractivity contribution in [3.63, 3.8) is 0 Å². The van der Waals surface area contributed by atoms with Gasteiger partial charge >= 0.3 is 0 Å². The van der Waals surface area contributed by atoms with Gasteiger partial charge in [0.05, 0.1) is 0 Å². The number of aryl methyl sites for hydroxylation is 1. The van der Waals surface area contributed by atoms with Gasteiger partial charge in [-0.15, -0.1) is 0 Å². The fraction of sp³-hybridized carbons (Fsp3) is 0.733. The minimum Gasteiger partial charge on any atom is -0.362 e. The lowest BCUT2D eigenvalue weighted by molar-refractivity contribution is 0.219. The van der Waals surface area contributed by atoms with Crippen LogP contribution in [0.25, 0.3) is 0 Å². The van der Waals surface area contributed by atoms with Gasteiger partial charge in [-0.1, -0.05) is 6.92 Å². The molecule has 0 bridgehead atoms. The molecule has 1 aromatic heterocycles. The molecule has 0 saturated carbocycles. The van der Waals surface area contributed by atoms with Crippen molar-refractivity contribution in [1.82, 2.24) is 14.9 Å². The molecule has 0 spiro atoms. The molecule has 0 unspecified atom stereocenters. The molecule has 1 aliphatic rings. The summed E-state index contributed by atoms with van der Waals surface area (Å²) in [6, 6.07) is 0.501. The molecule has 2 rings (SSSR count). The Kier molecular flexibility index (Phi) is 5.17. The van der Waals surface area contributed by atoms with Crippen LogP contribution in [-0.2, 0) is 0 Å². The number of nitrogens with zero attached hydrogens (tertiary/aromatic N) is 4. The maximum Gasteiger partial charge on any atom is 0.224 e. The Morgan fingerprint density at radius 1 is 1.35 bits per heavy atom. The SMILES string of the molecule is CCCN1CCC(Nc2ncc(C)c(N(C)C)n2)CC1. The van der Waals surface area contributed by atoms with Crippen molar-refractivity contribution in [3.05, 3.63) is 11.8 Å². The van der Waals surface area contributed by atoms with Crippen LogP contribution in [0, 0.1) is 6.92 Å². The normalized spacial score (nSPS) is 17.2. The summed E-state index contributed by atoms with van der Waals surface area (Å²) < 4.78 is 0. The Bertz CT molecular complexity index is 424. The molecule has 1 fully saturated rings. The summed E-state index contributed by atoms with van der Waals surface area (Å²) in [4.78, 5) is 13.6. The molecule has 5 nitrogen and oxygen atoms in total. The van der Waals surface area contributed by atoms with Crippen LogP contribution in [0.5, 0.6) is 0 Å². The van der Waals surface area contributed by atoms with E-state index in [0.29, 0.717) is 6.04 Å². The van der Waals surface area contributed by atoms with Gasteiger partial charge in [0.25, 0.3) is 0 Å². The monoisotopic (exact) mass is 277 g/mol. The first kappa shape index (κ1) is 15.0. The van der Waals surface area contributed by atoms with E-state index < -0.39 is 0 Å². The number of nitrogens with one attached hydrogen (secondary N) is 1. The van der Waals surface area contributed by atoms with Crippen molar-refractivity contribution in [2.75, 3.05) is 43.9 Å². The molecule has 1 aromatic rings. The molecule has 1 saturated heterocycles. The van der Waals surface area contributed by atoms with E-state index in [1.165, 1.54) is 38.9 Å². The van der Waals surface area contributed by atoms with E-state index in [-0.39, 0.29) is 0 Å². The van der Waals surface area contributed by atoms with Crippen LogP contribution in [0.1, 0.15) is 31.7 Å². The number of rotatable bonds is 5. The van der Waals surface area contributed by atoms with Crippen molar-refractivity contribution in [2.45, 2.75) is 39.2 Å². The van der Waals surface area contributed by atoms with E-state index in [2.05, 4.69) is 27.1 Å². The lowest BCUT2D eigenvalue weighted by Crippen LogP contribution is -2.39. The number of hydrogen-bond donors (Lipinski definition) is 1. The predicted molar refractivity (Wildman–Crippen MR) is 84.5 cm³/mol. The lowest BCUT2D eigenvalue weighted by atomic mass is 10.1. The van der Waals surface area contributed by atoms with Gasteiger partial charge in [0.15, 0.2) is 0 Å². The van der Waals surface area contributed by atoms with Crippen molar-refractivity contribution in [2.24, 2.45) is 0 Å². The summed E-state index contributed by atoms with van der Waals surface area (Å²) >= 11 is 0. The molecule has 5 heteroatoms. The first-order valence-electron chi connectivity index (χ1n) is 7.60. The first-order valence-corrected chi connectivity index (χ1v) is 7.60. The van der Waals surface area contributed by atoms with Crippen LogP contribution in [0.3, 0.4) is 0 Å². The zero-order valence-corrected chi connectivity index (χ0v) is 13.2. The average Bonchev–Trinajstić information content (AvgIpc) is 2.43. The Morgan fingerprint density at radius 3 is 2.65 bits per heavy atom. The van der Waals surface area contributed by atoms with Gasteiger partial charge in [0, 0.05) is 45.0 Å². The number of anilines is 2. The summed E-state index contributed by atoms with van der Waals surface area (Å²) in [6.45, 7) is 7.87. The molecular formula is C15H27N5. The molecule has 0 aromatic carbocycles. The molecular weight excluding hydrogens is 250 g/mol. The van der Waals surface area contributed by atoms with Crippen LogP contribution in [-0.4, -0.2) is 54.6 Å². The highest BCUT2D eigenvalue weighted by Crippen LogP contribution is 2.18. The minimum absolute atomic E-state index is 0.501. The summed E-state index contributed by atoms with van der Waals surface area (Å²) in [5, 5.41) is 3.49. The van der Waals surface area contributed by atoms with Gasteiger partial charge in [-0.2, -0.15) is 4.98 Å². The molecule has 0 aliphatic carbocycles. The molecule has 0 atom stereocenters. The third kappa shape index (κ3) is 3.82. The van der Waals surface area contributed by atoms with Crippen LogP contribution in [0.2, 0.25) is 0 Å². The second-order valence-corrected chi connectivity index (χ2v) is 5.85. The quantitative estimate of drug-likeness (QED) is 0.893. The van der Waals surface area contributed by atoms with Gasteiger partial charge in [0.2, 0.25) is 5.95 Å². The van der Waals surface area contributed by atoms with Crippen molar-refractivity contribution < 1.29 is 0 Å². The standard InChI is InChI=1S/C15H27N5/c1-5-8-20-9-6-13(7-10-20)17-15-16-11-12(2)14(18-15)19(3)4/h11,13H,5-10H2,1-4H3,(H,16,17,18). The topological polar surface area (TPSA) is 44.3 Å². The molecule has 1 N–H and O–H groups in total. The van der Waals surface area contributed by atoms with Crippen LogP contribution < -0.4 is 10.2 Å². The fourth-order valence-electron chi connectivity index (χ4n) is 2.76. The number of aromatic nitrogens is 2. The first-order chi connectivity index (χ1) is 9.60. The Balaban J connectivity index is 1.93. The van der Waals surface area contributed by atoms with Crippen LogP contribution >= 0.6 is 0 Å². The predicted octanol–water partition coefficient (Wildman–Crippen LogP) is 2.14. The van der Waals surface area contributed by atoms with Gasteiger partial charge in [-0.25, -0.2) is 4.98 Å². The highest BCUT2D eigenvalue weighted by Gasteiger charge is 2.19. The number of hydrogen-bond acceptors (Lipinski definition) is 5. The van der Waals surface area contributed by atoms with Gasteiger partial charge in [-0.3, -0.25) is 0 Å². The fourth-order valence-corrected chi connectivity index (χ4v) is 2.76. The van der Waals surface area contributed by atoms with Crippen molar-refractivity contribution in [1.29, 1.82) is 0 Å². The second kappa shape index (κ2) is 6.88. The maximum absolute atomic E-state index is 4.61. The summed E-state index contributed by atoms with van der Waals surface area (Å²) in [6.07, 6.45) is 5.49. The van der Waals surface area contributed by atoms with Crippen molar-refractivity contribution >= 4 is 11.8 Å². The summed E-state index contributed by atoms with van der Waals surface area (Å²) in [5.74, 6) is 1.75. The van der Waals surface area contributed by atoms with E-state index in [1.807, 2.05) is 32.1 Å². The Labute approximate surface area is 122 Å². The number of piperidine rings is 1. The Hall–Kier alpha value is -1.36. The van der Waals surface area contributed by atoms with Crippen molar-refractivity contribution in [3.8, 4) is 0 Å². The Morgan fingerprint density at radius 2 is 2.05 bits per heavy atom. The van der Waals surface area contributed by atoms with Crippen LogP contribution in [0.4, 0.5) is 11.8 Å². The van der Waals surface area contributed by atoms with E-state index in [4.69, 9.17) is 0 Å². The van der Waals surface area contributed by atoms with Gasteiger partial charge < -0.3 is 15.1 Å². The smallest absolute Gasteiger partial charge is 0.224 e. The minimum atomic E-state index is 0.501. The average molecular weight is 277 g/mol. The highest BCUT2D eigenvalue weighted by atomic mass is 15.2. The summed E-state index contributed by atoms with van der Waals surface area (Å²) in [7, 11) is 4.03. The van der Waals surface area contributed by atoms with Gasteiger partial charge in [-0.05, 0) is 32.7 Å². The van der Waals surface area contributed by atoms with E-state index in [0.717, 1.165) is 17.3 Å². The largest absolute Gasteiger partial charge is 0.362 e. The maximum atomic E-state index is 4.61. The second-order valence-electron chi connectivity index (χ2n) is 5.85. The zero-order valence-electron chi connectivity index (χ0n) is 13.2. The molecule has 112 valence electrons. The van der Waals surface area contributed by atoms with Crippen LogP contribution in [0.15, 0.2) is 6.20 Å². The van der Waals surface area contributed by atoms with Gasteiger partial charge in [0.1, 0.15) is 5.82 Å². The molecule has 2 heterocycles. The number of likely N-dealkylation sites (tertiary alicyclic amines) is 1. The van der Waals surface area contributed by atoms with E-state index in [9.17, 15) is 0 Å². The van der Waals surface area contributed by atoms with E-state index >= 15 is 0 Å². The molecule has 1 aliphatic heterocycles. The zero-order chi connectivity index (χ0) is 14.5.